The molecule has 6 aliphatic rings. The van der Waals surface area contributed by atoms with Gasteiger partial charge in [0.05, 0.1) is 30.5 Å². The van der Waals surface area contributed by atoms with Crippen molar-refractivity contribution >= 4 is 5.97 Å². The Labute approximate surface area is 236 Å². The fraction of sp³-hybridized carbons (Fsp3) is 0.774. The smallest absolute Gasteiger partial charge is 0.338 e. The van der Waals surface area contributed by atoms with Crippen LogP contribution in [-0.2, 0) is 23.7 Å². The highest BCUT2D eigenvalue weighted by Crippen LogP contribution is 2.79. The van der Waals surface area contributed by atoms with Crippen LogP contribution in [0.3, 0.4) is 0 Å². The topological polar surface area (TPSA) is 107 Å². The van der Waals surface area contributed by atoms with Crippen LogP contribution in [0.5, 0.6) is 0 Å². The van der Waals surface area contributed by atoms with Gasteiger partial charge < -0.3 is 38.8 Å². The first-order chi connectivity index (χ1) is 19.3. The molecule has 5 saturated carbocycles. The minimum Gasteiger partial charge on any atom is -0.458 e. The van der Waals surface area contributed by atoms with E-state index in [2.05, 4.69) is 11.9 Å². The highest BCUT2D eigenvalue weighted by Gasteiger charge is 2.88. The number of nitrogens with zero attached hydrogens (tertiary/aromatic N) is 1. The lowest BCUT2D eigenvalue weighted by Gasteiger charge is -2.69. The van der Waals surface area contributed by atoms with E-state index in [4.69, 9.17) is 23.7 Å². The van der Waals surface area contributed by atoms with Gasteiger partial charge in [-0.25, -0.2) is 4.79 Å². The molecule has 0 amide bonds. The van der Waals surface area contributed by atoms with Crippen molar-refractivity contribution in [3.05, 3.63) is 35.9 Å². The molecule has 0 radical (unpaired) electrons. The zero-order valence-corrected chi connectivity index (χ0v) is 24.1. The third-order valence-electron chi connectivity index (χ3n) is 12.4. The molecular weight excluding hydrogens is 514 g/mol. The zero-order chi connectivity index (χ0) is 28.2. The van der Waals surface area contributed by atoms with Gasteiger partial charge in [-0.1, -0.05) is 18.2 Å². The van der Waals surface area contributed by atoms with Crippen LogP contribution in [0.4, 0.5) is 0 Å². The Hall–Kier alpha value is -1.59. The number of carbonyl (C=O) groups is 1. The Bertz CT molecular complexity index is 1150. The summed E-state index contributed by atoms with van der Waals surface area (Å²) in [5.41, 5.74) is -1.66. The molecule has 1 aromatic rings. The number of esters is 1. The van der Waals surface area contributed by atoms with Gasteiger partial charge in [-0.2, -0.15) is 0 Å². The average Bonchev–Trinajstić information content (AvgIpc) is 3.40. The van der Waals surface area contributed by atoms with Crippen molar-refractivity contribution in [1.82, 2.24) is 4.90 Å². The van der Waals surface area contributed by atoms with Crippen LogP contribution in [0.2, 0.25) is 0 Å². The Balaban J connectivity index is 1.43. The number of benzene rings is 1. The monoisotopic (exact) mass is 557 g/mol. The number of carbonyl (C=O) groups excluding carboxylic acids is 1. The molecule has 1 unspecified atom stereocenters. The number of methoxy groups -OCH3 is 4. The molecule has 1 aliphatic heterocycles. The van der Waals surface area contributed by atoms with Crippen molar-refractivity contribution in [1.29, 1.82) is 0 Å². The lowest BCUT2D eigenvalue weighted by Crippen LogP contribution is -2.78. The van der Waals surface area contributed by atoms with Crippen LogP contribution in [0, 0.1) is 40.4 Å². The fourth-order valence-electron chi connectivity index (χ4n) is 11.8. The van der Waals surface area contributed by atoms with Gasteiger partial charge in [-0.15, -0.1) is 0 Å². The van der Waals surface area contributed by atoms with Crippen molar-refractivity contribution in [3.63, 3.8) is 0 Å². The van der Waals surface area contributed by atoms with E-state index in [1.165, 1.54) is 0 Å². The second-order valence-corrected chi connectivity index (χ2v) is 13.4. The van der Waals surface area contributed by atoms with E-state index in [1.54, 1.807) is 40.6 Å². The van der Waals surface area contributed by atoms with E-state index in [0.717, 1.165) is 19.4 Å². The number of hydrogen-bond donors (Lipinski definition) is 2. The Morgan fingerprint density at radius 1 is 1.02 bits per heavy atom. The zero-order valence-electron chi connectivity index (χ0n) is 24.1. The van der Waals surface area contributed by atoms with E-state index in [9.17, 15) is 15.0 Å². The van der Waals surface area contributed by atoms with Gasteiger partial charge in [0.15, 0.2) is 0 Å². The summed E-state index contributed by atoms with van der Waals surface area (Å²) in [6.45, 7) is 1.42. The van der Waals surface area contributed by atoms with Crippen LogP contribution in [0.15, 0.2) is 30.3 Å². The number of piperidine rings is 1. The molecule has 9 nitrogen and oxygen atoms in total. The highest BCUT2D eigenvalue weighted by molar-refractivity contribution is 5.89. The van der Waals surface area contributed by atoms with Gasteiger partial charge in [0.25, 0.3) is 0 Å². The van der Waals surface area contributed by atoms with Crippen molar-refractivity contribution < 1.29 is 38.7 Å². The number of rotatable bonds is 7. The first-order valence-electron chi connectivity index (χ1n) is 14.7. The quantitative estimate of drug-likeness (QED) is 0.484. The maximum absolute atomic E-state index is 13.5. The predicted octanol–water partition coefficient (Wildman–Crippen LogP) is 1.60. The summed E-state index contributed by atoms with van der Waals surface area (Å²) in [4.78, 5) is 15.9. The average molecular weight is 558 g/mol. The number of ether oxygens (including phenoxy) is 5. The first kappa shape index (κ1) is 27.3. The number of aliphatic hydroxyl groups is 2. The molecule has 6 fully saturated rings. The summed E-state index contributed by atoms with van der Waals surface area (Å²) >= 11 is 0. The summed E-state index contributed by atoms with van der Waals surface area (Å²) in [6.07, 6.45) is -0.312. The van der Waals surface area contributed by atoms with E-state index >= 15 is 0 Å². The Kier molecular flexibility index (Phi) is 6.27. The summed E-state index contributed by atoms with van der Waals surface area (Å²) in [5, 5.41) is 25.1. The van der Waals surface area contributed by atoms with Crippen LogP contribution in [0.1, 0.15) is 29.6 Å². The Morgan fingerprint density at radius 3 is 2.40 bits per heavy atom. The van der Waals surface area contributed by atoms with Gasteiger partial charge in [-0.3, -0.25) is 0 Å². The maximum Gasteiger partial charge on any atom is 0.338 e. The molecule has 0 aromatic heterocycles. The molecule has 1 saturated heterocycles. The lowest BCUT2D eigenvalue weighted by atomic mass is 9.43. The molecular formula is C31H43NO8. The molecule has 7 bridgehead atoms. The van der Waals surface area contributed by atoms with Crippen LogP contribution in [0.25, 0.3) is 0 Å². The molecule has 1 spiro atoms. The third kappa shape index (κ3) is 3.00. The van der Waals surface area contributed by atoms with Gasteiger partial charge in [0.1, 0.15) is 17.8 Å². The SMILES string of the molecule is COC[C@@]12CC[C@H](OC)[C@]34C([C@H]([C@H](OC)[C@H]13)[C@]1(O)[C@H]3[C@@H](OC(=O)c5ccccc5)[C@H](C[C@H]34)[C@@H](OC)[C@@H]1O)N(C)C2. The molecule has 14 atom stereocenters. The van der Waals surface area contributed by atoms with Crippen molar-refractivity contribution in [3.8, 4) is 0 Å². The lowest BCUT2D eigenvalue weighted by molar-refractivity contribution is -0.297. The van der Waals surface area contributed by atoms with Gasteiger partial charge in [-0.05, 0) is 44.4 Å². The van der Waals surface area contributed by atoms with Crippen molar-refractivity contribution in [2.75, 3.05) is 48.6 Å². The first-order valence-corrected chi connectivity index (χ1v) is 14.7. The second-order valence-electron chi connectivity index (χ2n) is 13.4. The number of fused-ring (bicyclic) bond motifs is 2. The Morgan fingerprint density at radius 2 is 1.75 bits per heavy atom. The standard InChI is InChI=1S/C31H43NO8/c1-32-14-29(15-36-2)12-11-19(37-3)30-18-13-17-22(40-28(34)16-9-7-6-8-10-16)20(18)31(35,27(33)23(17)38-4)21(26(30)32)24(39-5)25(29)30/h6-10,17-27,33,35H,11-15H2,1-5H3/t17-,18+,19-,20+,21-,22-,23+,24-,25+,26?,27-,29-,30-,31+/m0/s1. The fourth-order valence-corrected chi connectivity index (χ4v) is 11.8. The summed E-state index contributed by atoms with van der Waals surface area (Å²) in [7, 11) is 9.01. The predicted molar refractivity (Wildman–Crippen MR) is 143 cm³/mol. The van der Waals surface area contributed by atoms with Gasteiger partial charge in [0.2, 0.25) is 0 Å². The van der Waals surface area contributed by atoms with Gasteiger partial charge >= 0.3 is 5.97 Å². The van der Waals surface area contributed by atoms with Gasteiger partial charge in [0, 0.05) is 75.5 Å². The largest absolute Gasteiger partial charge is 0.458 e. The van der Waals surface area contributed by atoms with Crippen molar-refractivity contribution in [2.24, 2.45) is 40.4 Å². The van der Waals surface area contributed by atoms with E-state index in [0.29, 0.717) is 18.6 Å². The van der Waals surface area contributed by atoms with Crippen LogP contribution < -0.4 is 0 Å². The molecule has 9 heteroatoms. The molecule has 2 N–H and O–H groups in total. The van der Waals surface area contributed by atoms with E-state index < -0.39 is 41.7 Å². The van der Waals surface area contributed by atoms with Crippen molar-refractivity contribution in [2.45, 2.75) is 61.4 Å². The molecule has 1 aromatic carbocycles. The highest BCUT2D eigenvalue weighted by atomic mass is 16.6. The molecule has 7 rings (SSSR count). The minimum absolute atomic E-state index is 0.0598. The normalized spacial score (nSPS) is 52.0. The molecule has 5 aliphatic carbocycles. The second kappa shape index (κ2) is 9.20. The van der Waals surface area contributed by atoms with Crippen LogP contribution in [-0.4, -0.2) is 112 Å². The van der Waals surface area contributed by atoms with E-state index in [1.807, 2.05) is 18.2 Å². The molecule has 40 heavy (non-hydrogen) atoms. The van der Waals surface area contributed by atoms with Crippen LogP contribution >= 0.6 is 0 Å². The minimum atomic E-state index is -1.58. The summed E-state index contributed by atoms with van der Waals surface area (Å²) < 4.78 is 31.0. The molecule has 1 heterocycles. The number of likely N-dealkylation sites (tertiary alicyclic amines) is 1. The maximum atomic E-state index is 13.5. The summed E-state index contributed by atoms with van der Waals surface area (Å²) in [6, 6.07) is 8.91. The number of hydrogen-bond acceptors (Lipinski definition) is 9. The molecule has 220 valence electrons. The summed E-state index contributed by atoms with van der Waals surface area (Å²) in [5.74, 6) is -1.57. The number of aliphatic hydroxyl groups excluding tert-OH is 1. The third-order valence-corrected chi connectivity index (χ3v) is 12.4. The van der Waals surface area contributed by atoms with E-state index in [-0.39, 0.29) is 46.8 Å².